The van der Waals surface area contributed by atoms with Crippen molar-refractivity contribution in [3.63, 3.8) is 0 Å². The van der Waals surface area contributed by atoms with Crippen LogP contribution in [0.25, 0.3) is 0 Å². The number of carbonyl (C=O) groups is 2. The van der Waals surface area contributed by atoms with Gasteiger partial charge in [-0.2, -0.15) is 0 Å². The number of nitrogens with zero attached hydrogens (tertiary/aromatic N) is 1. The lowest BCUT2D eigenvalue weighted by Crippen LogP contribution is -2.58. The highest BCUT2D eigenvalue weighted by Crippen LogP contribution is 2.28. The van der Waals surface area contributed by atoms with Crippen LogP contribution in [-0.2, 0) is 4.79 Å². The third kappa shape index (κ3) is 4.91. The van der Waals surface area contributed by atoms with Crippen molar-refractivity contribution in [2.24, 2.45) is 11.1 Å². The maximum atomic E-state index is 12.3. The van der Waals surface area contributed by atoms with E-state index in [1.807, 2.05) is 6.92 Å². The van der Waals surface area contributed by atoms with Gasteiger partial charge in [0, 0.05) is 25.2 Å². The smallest absolute Gasteiger partial charge is 0.321 e. The van der Waals surface area contributed by atoms with Gasteiger partial charge in [0.25, 0.3) is 0 Å². The summed E-state index contributed by atoms with van der Waals surface area (Å²) in [6.07, 6.45) is 6.43. The highest BCUT2D eigenvalue weighted by molar-refractivity contribution is 5.96. The molecule has 0 radical (unpaired) electrons. The number of carbonyl (C=O) groups excluding carboxylic acids is 2. The molecular weight excluding hydrogens is 292 g/mol. The molecule has 6 nitrogen and oxygen atoms in total. The van der Waals surface area contributed by atoms with Gasteiger partial charge in [0.15, 0.2) is 0 Å². The Morgan fingerprint density at radius 1 is 1.17 bits per heavy atom. The van der Waals surface area contributed by atoms with Crippen molar-refractivity contribution in [2.45, 2.75) is 77.4 Å². The average molecular weight is 324 g/mol. The highest BCUT2D eigenvalue weighted by atomic mass is 16.2. The van der Waals surface area contributed by atoms with Gasteiger partial charge < -0.3 is 11.1 Å². The molecule has 6 heteroatoms. The van der Waals surface area contributed by atoms with E-state index in [4.69, 9.17) is 5.73 Å². The molecule has 1 saturated heterocycles. The lowest BCUT2D eigenvalue weighted by molar-refractivity contribution is -0.126. The molecule has 2 aliphatic rings. The largest absolute Gasteiger partial charge is 0.335 e. The van der Waals surface area contributed by atoms with Crippen molar-refractivity contribution in [1.82, 2.24) is 15.5 Å². The third-order valence-electron chi connectivity index (χ3n) is 5.45. The molecule has 4 N–H and O–H groups in total. The monoisotopic (exact) mass is 324 g/mol. The molecule has 2 rings (SSSR count). The minimum absolute atomic E-state index is 0.0167. The molecule has 1 aliphatic carbocycles. The van der Waals surface area contributed by atoms with Crippen LogP contribution < -0.4 is 16.4 Å². The molecule has 0 bridgehead atoms. The van der Waals surface area contributed by atoms with Gasteiger partial charge in [0.05, 0.1) is 6.04 Å². The molecule has 1 saturated carbocycles. The number of imide groups is 1. The van der Waals surface area contributed by atoms with Crippen LogP contribution in [0.4, 0.5) is 4.79 Å². The first-order chi connectivity index (χ1) is 10.8. The SMILES string of the molecule is CC(C(=O)NC(=O)NC1CCCCC1)N1CCC(N)C(C)(C)C1. The molecule has 2 unspecified atom stereocenters. The second-order valence-corrected chi connectivity index (χ2v) is 7.83. The number of piperidine rings is 1. The van der Waals surface area contributed by atoms with Gasteiger partial charge in [-0.15, -0.1) is 0 Å². The molecule has 2 fully saturated rings. The maximum absolute atomic E-state index is 12.3. The van der Waals surface area contributed by atoms with E-state index in [2.05, 4.69) is 29.4 Å². The van der Waals surface area contributed by atoms with Crippen molar-refractivity contribution in [2.75, 3.05) is 13.1 Å². The fraction of sp³-hybridized carbons (Fsp3) is 0.882. The number of urea groups is 1. The highest BCUT2D eigenvalue weighted by Gasteiger charge is 2.37. The van der Waals surface area contributed by atoms with E-state index >= 15 is 0 Å². The van der Waals surface area contributed by atoms with Crippen LogP contribution >= 0.6 is 0 Å². The zero-order valence-electron chi connectivity index (χ0n) is 14.7. The molecule has 0 aromatic heterocycles. The van der Waals surface area contributed by atoms with E-state index in [1.54, 1.807) is 0 Å². The standard InChI is InChI=1S/C17H32N4O2/c1-12(21-10-9-14(18)17(2,3)11-21)15(22)20-16(23)19-13-7-5-4-6-8-13/h12-14H,4-11,18H2,1-3H3,(H2,19,20,22,23). The first-order valence-electron chi connectivity index (χ1n) is 8.90. The van der Waals surface area contributed by atoms with Crippen LogP contribution in [0.5, 0.6) is 0 Å². The van der Waals surface area contributed by atoms with Crippen molar-refractivity contribution < 1.29 is 9.59 Å². The predicted octanol–water partition coefficient (Wildman–Crippen LogP) is 1.59. The summed E-state index contributed by atoms with van der Waals surface area (Å²) in [5, 5.41) is 5.42. The Morgan fingerprint density at radius 3 is 2.43 bits per heavy atom. The van der Waals surface area contributed by atoms with Crippen LogP contribution in [0.3, 0.4) is 0 Å². The number of nitrogens with two attached hydrogens (primary N) is 1. The average Bonchev–Trinajstić information content (AvgIpc) is 2.50. The number of hydrogen-bond donors (Lipinski definition) is 3. The van der Waals surface area contributed by atoms with Gasteiger partial charge in [-0.05, 0) is 31.6 Å². The van der Waals surface area contributed by atoms with Crippen LogP contribution in [0.2, 0.25) is 0 Å². The summed E-state index contributed by atoms with van der Waals surface area (Å²) < 4.78 is 0. The number of likely N-dealkylation sites (tertiary alicyclic amines) is 1. The quantitative estimate of drug-likeness (QED) is 0.736. The normalized spacial score (nSPS) is 27.2. The number of rotatable bonds is 3. The molecule has 2 atom stereocenters. The van der Waals surface area contributed by atoms with Crippen LogP contribution in [0, 0.1) is 5.41 Å². The number of nitrogens with one attached hydrogen (secondary N) is 2. The molecule has 132 valence electrons. The van der Waals surface area contributed by atoms with E-state index in [1.165, 1.54) is 6.42 Å². The van der Waals surface area contributed by atoms with Crippen molar-refractivity contribution in [3.05, 3.63) is 0 Å². The van der Waals surface area contributed by atoms with Gasteiger partial charge >= 0.3 is 6.03 Å². The fourth-order valence-corrected chi connectivity index (χ4v) is 3.60. The minimum atomic E-state index is -0.360. The maximum Gasteiger partial charge on any atom is 0.321 e. The lowest BCUT2D eigenvalue weighted by Gasteiger charge is -2.44. The molecule has 0 aromatic rings. The fourth-order valence-electron chi connectivity index (χ4n) is 3.60. The van der Waals surface area contributed by atoms with Crippen molar-refractivity contribution in [3.8, 4) is 0 Å². The summed E-state index contributed by atoms with van der Waals surface area (Å²) in [6, 6.07) is -0.317. The summed E-state index contributed by atoms with van der Waals surface area (Å²) in [4.78, 5) is 26.5. The van der Waals surface area contributed by atoms with E-state index in [0.29, 0.717) is 0 Å². The summed E-state index contributed by atoms with van der Waals surface area (Å²) in [5.41, 5.74) is 6.13. The first-order valence-corrected chi connectivity index (χ1v) is 8.90. The molecule has 23 heavy (non-hydrogen) atoms. The Morgan fingerprint density at radius 2 is 1.83 bits per heavy atom. The van der Waals surface area contributed by atoms with E-state index < -0.39 is 0 Å². The Balaban J connectivity index is 1.81. The second-order valence-electron chi connectivity index (χ2n) is 7.83. The van der Waals surface area contributed by atoms with Crippen molar-refractivity contribution >= 4 is 11.9 Å². The topological polar surface area (TPSA) is 87.5 Å². The molecule has 0 aromatic carbocycles. The Hall–Kier alpha value is -1.14. The molecule has 1 aliphatic heterocycles. The Kier molecular flexibility index (Phi) is 6.03. The zero-order valence-corrected chi connectivity index (χ0v) is 14.7. The lowest BCUT2D eigenvalue weighted by atomic mass is 9.79. The van der Waals surface area contributed by atoms with E-state index in [-0.39, 0.29) is 35.5 Å². The zero-order chi connectivity index (χ0) is 17.0. The number of hydrogen-bond acceptors (Lipinski definition) is 4. The van der Waals surface area contributed by atoms with Gasteiger partial charge in [-0.3, -0.25) is 15.0 Å². The predicted molar refractivity (Wildman–Crippen MR) is 91.0 cm³/mol. The van der Waals surface area contributed by atoms with Gasteiger partial charge in [-0.1, -0.05) is 33.1 Å². The first kappa shape index (κ1) is 18.2. The Labute approximate surface area is 139 Å². The molecule has 0 spiro atoms. The van der Waals surface area contributed by atoms with Gasteiger partial charge in [-0.25, -0.2) is 4.79 Å². The third-order valence-corrected chi connectivity index (χ3v) is 5.45. The van der Waals surface area contributed by atoms with E-state index in [0.717, 1.165) is 45.2 Å². The van der Waals surface area contributed by atoms with Crippen LogP contribution in [0.1, 0.15) is 59.3 Å². The second kappa shape index (κ2) is 7.62. The molecular formula is C17H32N4O2. The van der Waals surface area contributed by atoms with Gasteiger partial charge in [0.1, 0.15) is 0 Å². The van der Waals surface area contributed by atoms with Crippen molar-refractivity contribution in [1.29, 1.82) is 0 Å². The Bertz CT molecular complexity index is 432. The summed E-state index contributed by atoms with van der Waals surface area (Å²) in [5.74, 6) is -0.232. The van der Waals surface area contributed by atoms with E-state index in [9.17, 15) is 9.59 Å². The van der Waals surface area contributed by atoms with Gasteiger partial charge in [0.2, 0.25) is 5.91 Å². The van der Waals surface area contributed by atoms with Crippen LogP contribution in [0.15, 0.2) is 0 Å². The summed E-state index contributed by atoms with van der Waals surface area (Å²) in [6.45, 7) is 7.68. The molecule has 3 amide bonds. The minimum Gasteiger partial charge on any atom is -0.335 e. The molecule has 1 heterocycles. The summed E-state index contributed by atoms with van der Waals surface area (Å²) in [7, 11) is 0. The van der Waals surface area contributed by atoms with Crippen LogP contribution in [-0.4, -0.2) is 48.1 Å². The summed E-state index contributed by atoms with van der Waals surface area (Å²) >= 11 is 0. The number of amides is 3.